The number of thiocarbonyl (C=S) groups is 1. The predicted octanol–water partition coefficient (Wildman–Crippen LogP) is 3.29. The number of hydrazone groups is 1. The van der Waals surface area contributed by atoms with E-state index in [0.717, 1.165) is 10.4 Å². The van der Waals surface area contributed by atoms with Crippen molar-refractivity contribution in [2.24, 2.45) is 5.10 Å². The first kappa shape index (κ1) is 15.1. The van der Waals surface area contributed by atoms with Crippen LogP contribution in [-0.2, 0) is 0 Å². The maximum absolute atomic E-state index is 10.9. The van der Waals surface area contributed by atoms with Crippen LogP contribution in [0.1, 0.15) is 10.4 Å². The second-order valence-corrected chi connectivity index (χ2v) is 5.42. The number of rotatable bonds is 4. The average Bonchev–Trinajstić information content (AvgIpc) is 2.85. The van der Waals surface area contributed by atoms with Gasteiger partial charge in [-0.2, -0.15) is 5.10 Å². The standard InChI is InChI=1S/C13H12N4O2S2/c1-9-6-7-21-12(9)8-14-16-13(20)15-10-4-2-3-5-11(10)17(18)19/h2-8H,1H3,(H2,15,16,20)/b14-8-. The number of nitro benzene ring substituents is 1. The van der Waals surface area contributed by atoms with E-state index in [4.69, 9.17) is 12.2 Å². The summed E-state index contributed by atoms with van der Waals surface area (Å²) in [7, 11) is 0. The van der Waals surface area contributed by atoms with Crippen molar-refractivity contribution in [3.05, 3.63) is 56.3 Å². The summed E-state index contributed by atoms with van der Waals surface area (Å²) in [6, 6.07) is 8.27. The average molecular weight is 320 g/mol. The fourth-order valence-electron chi connectivity index (χ4n) is 1.56. The molecule has 0 aliphatic rings. The van der Waals surface area contributed by atoms with E-state index in [1.165, 1.54) is 6.07 Å². The maximum Gasteiger partial charge on any atom is 0.292 e. The molecule has 0 saturated carbocycles. The van der Waals surface area contributed by atoms with E-state index < -0.39 is 4.92 Å². The van der Waals surface area contributed by atoms with Gasteiger partial charge >= 0.3 is 0 Å². The topological polar surface area (TPSA) is 79.6 Å². The van der Waals surface area contributed by atoms with Crippen molar-refractivity contribution in [3.63, 3.8) is 0 Å². The largest absolute Gasteiger partial charge is 0.326 e. The molecule has 1 heterocycles. The first-order valence-corrected chi connectivity index (χ1v) is 7.24. The zero-order valence-electron chi connectivity index (χ0n) is 11.1. The van der Waals surface area contributed by atoms with Crippen LogP contribution >= 0.6 is 23.6 Å². The Morgan fingerprint density at radius 1 is 1.43 bits per heavy atom. The third kappa shape index (κ3) is 4.07. The molecule has 0 aliphatic heterocycles. The van der Waals surface area contributed by atoms with Crippen LogP contribution in [0.3, 0.4) is 0 Å². The molecule has 0 fully saturated rings. The van der Waals surface area contributed by atoms with Crippen molar-refractivity contribution in [2.75, 3.05) is 5.32 Å². The van der Waals surface area contributed by atoms with Gasteiger partial charge in [0.25, 0.3) is 5.69 Å². The van der Waals surface area contributed by atoms with E-state index in [9.17, 15) is 10.1 Å². The molecule has 108 valence electrons. The van der Waals surface area contributed by atoms with Gasteiger partial charge in [0, 0.05) is 10.9 Å². The van der Waals surface area contributed by atoms with Crippen molar-refractivity contribution >= 4 is 46.3 Å². The van der Waals surface area contributed by atoms with Gasteiger partial charge in [-0.05, 0) is 42.2 Å². The first-order valence-electron chi connectivity index (χ1n) is 5.95. The fourth-order valence-corrected chi connectivity index (χ4v) is 2.50. The van der Waals surface area contributed by atoms with Crippen LogP contribution in [0.2, 0.25) is 0 Å². The molecular formula is C13H12N4O2S2. The van der Waals surface area contributed by atoms with Gasteiger partial charge in [-0.15, -0.1) is 11.3 Å². The Morgan fingerprint density at radius 2 is 2.19 bits per heavy atom. The molecule has 21 heavy (non-hydrogen) atoms. The van der Waals surface area contributed by atoms with Crippen LogP contribution in [-0.4, -0.2) is 16.3 Å². The lowest BCUT2D eigenvalue weighted by atomic mass is 10.3. The fraction of sp³-hybridized carbons (Fsp3) is 0.0769. The van der Waals surface area contributed by atoms with Crippen molar-refractivity contribution in [1.29, 1.82) is 0 Å². The summed E-state index contributed by atoms with van der Waals surface area (Å²) < 4.78 is 0. The van der Waals surface area contributed by atoms with Gasteiger partial charge < -0.3 is 5.32 Å². The van der Waals surface area contributed by atoms with Crippen molar-refractivity contribution in [1.82, 2.24) is 5.43 Å². The Labute approximate surface area is 130 Å². The number of nitro groups is 1. The summed E-state index contributed by atoms with van der Waals surface area (Å²) in [6.45, 7) is 1.99. The van der Waals surface area contributed by atoms with Gasteiger partial charge in [-0.25, -0.2) is 0 Å². The molecule has 0 unspecified atom stereocenters. The third-order valence-corrected chi connectivity index (χ3v) is 3.75. The molecule has 0 radical (unpaired) electrons. The summed E-state index contributed by atoms with van der Waals surface area (Å²) in [5, 5.41) is 19.8. The second-order valence-electron chi connectivity index (χ2n) is 4.07. The van der Waals surface area contributed by atoms with Crippen molar-refractivity contribution in [3.8, 4) is 0 Å². The summed E-state index contributed by atoms with van der Waals surface area (Å²) in [6.07, 6.45) is 1.66. The molecule has 1 aromatic heterocycles. The molecular weight excluding hydrogens is 308 g/mol. The minimum Gasteiger partial charge on any atom is -0.326 e. The Balaban J connectivity index is 1.98. The van der Waals surface area contributed by atoms with Crippen LogP contribution < -0.4 is 10.7 Å². The number of thiophene rings is 1. The van der Waals surface area contributed by atoms with Gasteiger partial charge in [-0.3, -0.25) is 15.5 Å². The van der Waals surface area contributed by atoms with Crippen LogP contribution in [0.5, 0.6) is 0 Å². The molecule has 0 atom stereocenters. The molecule has 2 N–H and O–H groups in total. The summed E-state index contributed by atoms with van der Waals surface area (Å²) in [5.41, 5.74) is 4.04. The minimum atomic E-state index is -0.469. The van der Waals surface area contributed by atoms with Crippen LogP contribution in [0.4, 0.5) is 11.4 Å². The maximum atomic E-state index is 10.9. The number of aryl methyl sites for hydroxylation is 1. The first-order chi connectivity index (χ1) is 10.1. The van der Waals surface area contributed by atoms with Gasteiger partial charge in [0.15, 0.2) is 5.11 Å². The second kappa shape index (κ2) is 6.91. The van der Waals surface area contributed by atoms with E-state index in [-0.39, 0.29) is 10.8 Å². The van der Waals surface area contributed by atoms with Crippen molar-refractivity contribution < 1.29 is 4.92 Å². The van der Waals surface area contributed by atoms with Crippen LogP contribution in [0.15, 0.2) is 40.8 Å². The highest BCUT2D eigenvalue weighted by Gasteiger charge is 2.12. The number of para-hydroxylation sites is 2. The molecule has 0 amide bonds. The quantitative estimate of drug-likeness (QED) is 0.391. The number of nitrogens with one attached hydrogen (secondary N) is 2. The number of hydrogen-bond donors (Lipinski definition) is 2. The molecule has 2 rings (SSSR count). The molecule has 0 bridgehead atoms. The SMILES string of the molecule is Cc1ccsc1/C=N\NC(=S)Nc1ccccc1[N+](=O)[O-]. The Bertz CT molecular complexity index is 697. The van der Waals surface area contributed by atoms with E-state index >= 15 is 0 Å². The van der Waals surface area contributed by atoms with Gasteiger partial charge in [0.2, 0.25) is 0 Å². The lowest BCUT2D eigenvalue weighted by molar-refractivity contribution is -0.383. The normalized spacial score (nSPS) is 10.5. The monoisotopic (exact) mass is 320 g/mol. The smallest absolute Gasteiger partial charge is 0.292 e. The van der Waals surface area contributed by atoms with E-state index in [1.807, 2.05) is 18.4 Å². The lowest BCUT2D eigenvalue weighted by Gasteiger charge is -2.06. The van der Waals surface area contributed by atoms with E-state index in [0.29, 0.717) is 5.69 Å². The Hall–Kier alpha value is -2.32. The zero-order valence-corrected chi connectivity index (χ0v) is 12.7. The predicted molar refractivity (Wildman–Crippen MR) is 89.1 cm³/mol. The third-order valence-electron chi connectivity index (χ3n) is 2.60. The molecule has 0 saturated heterocycles. The lowest BCUT2D eigenvalue weighted by Crippen LogP contribution is -2.24. The van der Waals surface area contributed by atoms with Crippen molar-refractivity contribution in [2.45, 2.75) is 6.92 Å². The highest BCUT2D eigenvalue weighted by Crippen LogP contribution is 2.22. The van der Waals surface area contributed by atoms with Gasteiger partial charge in [-0.1, -0.05) is 12.1 Å². The number of nitrogens with zero attached hydrogens (tertiary/aromatic N) is 2. The number of anilines is 1. The van der Waals surface area contributed by atoms with Gasteiger partial charge in [0.05, 0.1) is 11.1 Å². The van der Waals surface area contributed by atoms with E-state index in [2.05, 4.69) is 15.8 Å². The molecule has 0 aliphatic carbocycles. The highest BCUT2D eigenvalue weighted by molar-refractivity contribution is 7.80. The Kier molecular flexibility index (Phi) is 4.96. The number of benzene rings is 1. The van der Waals surface area contributed by atoms with E-state index in [1.54, 1.807) is 35.8 Å². The summed E-state index contributed by atoms with van der Waals surface area (Å²) in [5.74, 6) is 0. The zero-order chi connectivity index (χ0) is 15.2. The molecule has 8 heteroatoms. The Morgan fingerprint density at radius 3 is 2.86 bits per heavy atom. The molecule has 0 spiro atoms. The molecule has 1 aromatic carbocycles. The summed E-state index contributed by atoms with van der Waals surface area (Å²) >= 11 is 6.62. The van der Waals surface area contributed by atoms with Crippen LogP contribution in [0.25, 0.3) is 0 Å². The molecule has 2 aromatic rings. The van der Waals surface area contributed by atoms with Crippen LogP contribution in [0, 0.1) is 17.0 Å². The molecule has 6 nitrogen and oxygen atoms in total. The highest BCUT2D eigenvalue weighted by atomic mass is 32.1. The minimum absolute atomic E-state index is 0.0419. The summed E-state index contributed by atoms with van der Waals surface area (Å²) in [4.78, 5) is 11.4. The number of hydrogen-bond acceptors (Lipinski definition) is 5. The van der Waals surface area contributed by atoms with Gasteiger partial charge in [0.1, 0.15) is 5.69 Å².